The molecule has 1 aromatic carbocycles. The summed E-state index contributed by atoms with van der Waals surface area (Å²) in [5.41, 5.74) is 1.04. The third-order valence-electron chi connectivity index (χ3n) is 2.75. The van der Waals surface area contributed by atoms with E-state index in [2.05, 4.69) is 15.6 Å². The first-order valence-electron chi connectivity index (χ1n) is 5.75. The monoisotopic (exact) mass is 244 g/mol. The Balaban J connectivity index is 1.79. The predicted octanol–water partition coefficient (Wildman–Crippen LogP) is 0.865. The summed E-state index contributed by atoms with van der Waals surface area (Å²) in [4.78, 5) is 11.7. The largest absolute Gasteiger partial charge is 0.508 e. The van der Waals surface area contributed by atoms with Crippen molar-refractivity contribution in [2.45, 2.75) is 18.9 Å². The number of rotatable bonds is 3. The highest BCUT2D eigenvalue weighted by Crippen LogP contribution is 2.19. The van der Waals surface area contributed by atoms with Gasteiger partial charge in [-0.05, 0) is 37.1 Å². The Morgan fingerprint density at radius 2 is 2.06 bits per heavy atom. The lowest BCUT2D eigenvalue weighted by Gasteiger charge is -1.99. The molecule has 3 rings (SSSR count). The maximum Gasteiger partial charge on any atom is 0.273 e. The number of aromatic hydroxyl groups is 1. The number of phenolic OH excluding ortho intramolecular Hbond substituents is 1. The molecule has 2 N–H and O–H groups in total. The fourth-order valence-electron chi connectivity index (χ4n) is 1.59. The van der Waals surface area contributed by atoms with Gasteiger partial charge in [-0.15, -0.1) is 5.10 Å². The number of benzene rings is 1. The Morgan fingerprint density at radius 3 is 2.72 bits per heavy atom. The molecule has 1 aromatic heterocycles. The molecule has 1 saturated carbocycles. The number of nitrogens with one attached hydrogen (secondary N) is 1. The van der Waals surface area contributed by atoms with Crippen LogP contribution in [0.5, 0.6) is 5.75 Å². The third-order valence-corrected chi connectivity index (χ3v) is 2.75. The molecule has 0 bridgehead atoms. The van der Waals surface area contributed by atoms with Crippen LogP contribution >= 0.6 is 0 Å². The lowest BCUT2D eigenvalue weighted by Crippen LogP contribution is -2.25. The Hall–Kier alpha value is -2.37. The van der Waals surface area contributed by atoms with E-state index in [1.807, 2.05) is 0 Å². The van der Waals surface area contributed by atoms with Gasteiger partial charge in [0.15, 0.2) is 5.69 Å². The van der Waals surface area contributed by atoms with Crippen molar-refractivity contribution in [2.24, 2.45) is 0 Å². The number of amides is 1. The number of hydrogen-bond acceptors (Lipinski definition) is 4. The van der Waals surface area contributed by atoms with Gasteiger partial charge in [0, 0.05) is 6.04 Å². The fraction of sp³-hybridized carbons (Fsp3) is 0.250. The van der Waals surface area contributed by atoms with Crippen LogP contribution in [-0.4, -0.2) is 32.0 Å². The van der Waals surface area contributed by atoms with E-state index in [0.29, 0.717) is 11.7 Å². The molecule has 0 unspecified atom stereocenters. The van der Waals surface area contributed by atoms with Gasteiger partial charge in [-0.2, -0.15) is 0 Å². The molecule has 1 aliphatic rings. The second-order valence-electron chi connectivity index (χ2n) is 4.31. The van der Waals surface area contributed by atoms with Gasteiger partial charge >= 0.3 is 0 Å². The number of carbonyl (C=O) groups excluding carboxylic acids is 1. The van der Waals surface area contributed by atoms with Gasteiger partial charge in [0.05, 0.1) is 11.9 Å². The topological polar surface area (TPSA) is 80.0 Å². The molecule has 2 aromatic rings. The summed E-state index contributed by atoms with van der Waals surface area (Å²) >= 11 is 0. The molecule has 6 nitrogen and oxygen atoms in total. The second kappa shape index (κ2) is 4.14. The molecule has 92 valence electrons. The van der Waals surface area contributed by atoms with Crippen LogP contribution in [-0.2, 0) is 0 Å². The van der Waals surface area contributed by atoms with Gasteiger partial charge in [-0.3, -0.25) is 4.79 Å². The molecule has 1 fully saturated rings. The van der Waals surface area contributed by atoms with Crippen molar-refractivity contribution in [1.29, 1.82) is 0 Å². The highest BCUT2D eigenvalue weighted by molar-refractivity contribution is 5.92. The van der Waals surface area contributed by atoms with Gasteiger partial charge in [0.25, 0.3) is 5.91 Å². The summed E-state index contributed by atoms with van der Waals surface area (Å²) in [6, 6.07) is 6.82. The zero-order chi connectivity index (χ0) is 12.5. The Bertz CT molecular complexity index is 572. The van der Waals surface area contributed by atoms with Crippen molar-refractivity contribution in [3.63, 3.8) is 0 Å². The van der Waals surface area contributed by atoms with E-state index < -0.39 is 0 Å². The number of nitrogens with zero attached hydrogens (tertiary/aromatic N) is 3. The first-order chi connectivity index (χ1) is 8.72. The fourth-order valence-corrected chi connectivity index (χ4v) is 1.59. The summed E-state index contributed by atoms with van der Waals surface area (Å²) < 4.78 is 1.50. The van der Waals surface area contributed by atoms with Crippen molar-refractivity contribution in [1.82, 2.24) is 20.3 Å². The van der Waals surface area contributed by atoms with Crippen molar-refractivity contribution >= 4 is 5.91 Å². The maximum absolute atomic E-state index is 11.7. The molecule has 1 amide bonds. The van der Waals surface area contributed by atoms with Crippen molar-refractivity contribution < 1.29 is 9.90 Å². The zero-order valence-electron chi connectivity index (χ0n) is 9.58. The Morgan fingerprint density at radius 1 is 1.33 bits per heavy atom. The van der Waals surface area contributed by atoms with E-state index in [1.54, 1.807) is 30.5 Å². The molecule has 0 spiro atoms. The zero-order valence-corrected chi connectivity index (χ0v) is 9.58. The lowest BCUT2D eigenvalue weighted by atomic mass is 10.3. The maximum atomic E-state index is 11.7. The minimum Gasteiger partial charge on any atom is -0.508 e. The van der Waals surface area contributed by atoms with E-state index in [1.165, 1.54) is 4.68 Å². The standard InChI is InChI=1S/C12H12N4O2/c17-10-5-3-9(4-6-10)16-7-11(14-15-16)12(18)13-8-1-2-8/h3-8,17H,1-2H2,(H,13,18). The summed E-state index contributed by atoms with van der Waals surface area (Å²) in [6.07, 6.45) is 3.65. The average molecular weight is 244 g/mol. The van der Waals surface area contributed by atoms with Gasteiger partial charge in [-0.25, -0.2) is 4.68 Å². The number of phenols is 1. The molecule has 0 radical (unpaired) electrons. The lowest BCUT2D eigenvalue weighted by molar-refractivity contribution is 0.0946. The first kappa shape index (κ1) is 10.8. The number of carbonyl (C=O) groups is 1. The van der Waals surface area contributed by atoms with Crippen LogP contribution in [0.15, 0.2) is 30.5 Å². The van der Waals surface area contributed by atoms with Gasteiger partial charge < -0.3 is 10.4 Å². The minimum absolute atomic E-state index is 0.186. The van der Waals surface area contributed by atoms with Crippen LogP contribution in [0.1, 0.15) is 23.3 Å². The van der Waals surface area contributed by atoms with Crippen LogP contribution < -0.4 is 5.32 Å². The van der Waals surface area contributed by atoms with Crippen molar-refractivity contribution in [3.8, 4) is 11.4 Å². The summed E-state index contributed by atoms with van der Waals surface area (Å²) in [5, 5.41) is 19.8. The smallest absolute Gasteiger partial charge is 0.273 e. The molecule has 0 atom stereocenters. The molecule has 18 heavy (non-hydrogen) atoms. The Kier molecular flexibility index (Phi) is 2.47. The van der Waals surface area contributed by atoms with Gasteiger partial charge in [0.1, 0.15) is 5.75 Å². The average Bonchev–Trinajstić information content (AvgIpc) is 3.04. The molecule has 1 heterocycles. The van der Waals surface area contributed by atoms with Crippen LogP contribution in [0.4, 0.5) is 0 Å². The third kappa shape index (κ3) is 2.17. The van der Waals surface area contributed by atoms with E-state index >= 15 is 0 Å². The van der Waals surface area contributed by atoms with Crippen LogP contribution in [0.25, 0.3) is 5.69 Å². The molecular formula is C12H12N4O2. The SMILES string of the molecule is O=C(NC1CC1)c1cn(-c2ccc(O)cc2)nn1. The van der Waals surface area contributed by atoms with Crippen molar-refractivity contribution in [3.05, 3.63) is 36.2 Å². The molecule has 0 aliphatic heterocycles. The highest BCUT2D eigenvalue weighted by Gasteiger charge is 2.25. The summed E-state index contributed by atoms with van der Waals surface area (Å²) in [5.74, 6) is -0.00639. The first-order valence-corrected chi connectivity index (χ1v) is 5.75. The number of hydrogen-bond donors (Lipinski definition) is 2. The molecule has 1 aliphatic carbocycles. The van der Waals surface area contributed by atoms with Crippen LogP contribution in [0.2, 0.25) is 0 Å². The molecule has 6 heteroatoms. The van der Waals surface area contributed by atoms with E-state index in [4.69, 9.17) is 0 Å². The quantitative estimate of drug-likeness (QED) is 0.839. The summed E-state index contributed by atoms with van der Waals surface area (Å²) in [6.45, 7) is 0. The highest BCUT2D eigenvalue weighted by atomic mass is 16.3. The predicted molar refractivity (Wildman–Crippen MR) is 63.5 cm³/mol. The van der Waals surface area contributed by atoms with E-state index in [9.17, 15) is 9.90 Å². The van der Waals surface area contributed by atoms with E-state index in [-0.39, 0.29) is 11.7 Å². The van der Waals surface area contributed by atoms with Gasteiger partial charge in [0.2, 0.25) is 0 Å². The molecule has 0 saturated heterocycles. The second-order valence-corrected chi connectivity index (χ2v) is 4.31. The summed E-state index contributed by atoms with van der Waals surface area (Å²) in [7, 11) is 0. The normalized spacial score (nSPS) is 14.4. The van der Waals surface area contributed by atoms with Crippen LogP contribution in [0, 0.1) is 0 Å². The van der Waals surface area contributed by atoms with Crippen molar-refractivity contribution in [2.75, 3.05) is 0 Å². The Labute approximate surface area is 103 Å². The molecular weight excluding hydrogens is 232 g/mol. The van der Waals surface area contributed by atoms with Crippen LogP contribution in [0.3, 0.4) is 0 Å². The van der Waals surface area contributed by atoms with E-state index in [0.717, 1.165) is 18.5 Å². The minimum atomic E-state index is -0.192. The van der Waals surface area contributed by atoms with Gasteiger partial charge in [-0.1, -0.05) is 5.21 Å². The number of aromatic nitrogens is 3.